The van der Waals surface area contributed by atoms with Crippen LogP contribution in [0.3, 0.4) is 0 Å². The van der Waals surface area contributed by atoms with E-state index in [1.54, 1.807) is 31.2 Å². The Morgan fingerprint density at radius 3 is 2.26 bits per heavy atom. The van der Waals surface area contributed by atoms with Gasteiger partial charge in [0, 0.05) is 21.7 Å². The van der Waals surface area contributed by atoms with E-state index in [0.29, 0.717) is 21.8 Å². The molecule has 0 unspecified atom stereocenters. The van der Waals surface area contributed by atoms with Crippen molar-refractivity contribution >= 4 is 23.2 Å². The molecule has 0 aliphatic rings. The molecule has 0 radical (unpaired) electrons. The number of benzene rings is 2. The van der Waals surface area contributed by atoms with Crippen molar-refractivity contribution in [1.29, 1.82) is 0 Å². The molecule has 3 rings (SSSR count). The molecule has 0 atom stereocenters. The minimum atomic E-state index is -0.975. The fourth-order valence-corrected chi connectivity index (χ4v) is 2.78. The molecule has 1 aromatic heterocycles. The largest absolute Gasteiger partial charge is 0.204 e. The molecule has 0 N–H and O–H groups in total. The number of rotatable bonds is 2. The van der Waals surface area contributed by atoms with Crippen molar-refractivity contribution in [2.45, 2.75) is 6.92 Å². The quantitative estimate of drug-likeness (QED) is 0.592. The van der Waals surface area contributed by atoms with E-state index in [9.17, 15) is 8.78 Å². The van der Waals surface area contributed by atoms with Crippen molar-refractivity contribution in [1.82, 2.24) is 10.2 Å². The van der Waals surface area contributed by atoms with Crippen molar-refractivity contribution in [3.63, 3.8) is 0 Å². The van der Waals surface area contributed by atoms with Crippen molar-refractivity contribution in [2.24, 2.45) is 0 Å². The lowest BCUT2D eigenvalue weighted by Crippen LogP contribution is -1.99. The molecular formula is C17H10Cl2F2N2. The molecule has 2 nitrogen and oxygen atoms in total. The second kappa shape index (κ2) is 6.22. The molecule has 6 heteroatoms. The van der Waals surface area contributed by atoms with Crippen LogP contribution in [0.4, 0.5) is 8.78 Å². The van der Waals surface area contributed by atoms with Crippen LogP contribution in [0.25, 0.3) is 22.3 Å². The van der Waals surface area contributed by atoms with Crippen molar-refractivity contribution in [3.05, 3.63) is 70.0 Å². The lowest BCUT2D eigenvalue weighted by atomic mass is 9.94. The van der Waals surface area contributed by atoms with E-state index in [1.807, 2.05) is 0 Å². The highest BCUT2D eigenvalue weighted by Gasteiger charge is 2.20. The van der Waals surface area contributed by atoms with E-state index < -0.39 is 11.6 Å². The third-order valence-electron chi connectivity index (χ3n) is 3.46. The van der Waals surface area contributed by atoms with Crippen LogP contribution in [-0.4, -0.2) is 10.2 Å². The van der Waals surface area contributed by atoms with Crippen LogP contribution in [0, 0.1) is 18.6 Å². The van der Waals surface area contributed by atoms with Crippen LogP contribution in [0.15, 0.2) is 42.5 Å². The monoisotopic (exact) mass is 350 g/mol. The summed E-state index contributed by atoms with van der Waals surface area (Å²) in [7, 11) is 0. The summed E-state index contributed by atoms with van der Waals surface area (Å²) >= 11 is 12.1. The molecule has 116 valence electrons. The first-order valence-corrected chi connectivity index (χ1v) is 7.47. The highest BCUT2D eigenvalue weighted by molar-refractivity contribution is 6.33. The van der Waals surface area contributed by atoms with Gasteiger partial charge in [-0.25, -0.2) is 8.78 Å². The van der Waals surface area contributed by atoms with Crippen LogP contribution >= 0.6 is 23.2 Å². The molecule has 1 heterocycles. The molecule has 0 saturated heterocycles. The number of hydrogen-bond acceptors (Lipinski definition) is 2. The van der Waals surface area contributed by atoms with Crippen molar-refractivity contribution < 1.29 is 8.78 Å². The molecule has 2 aromatic carbocycles. The normalized spacial score (nSPS) is 10.8. The Balaban J connectivity index is 2.35. The standard InChI is InChI=1S/C17H10Cl2F2N2/c1-9-14(10-5-7-11(18)8-6-10)15(17(19)23-22-9)12-3-2-4-13(20)16(12)21/h2-8H,1H3. The molecule has 0 fully saturated rings. The molecule has 0 spiro atoms. The lowest BCUT2D eigenvalue weighted by molar-refractivity contribution is 0.511. The highest BCUT2D eigenvalue weighted by Crippen LogP contribution is 2.39. The topological polar surface area (TPSA) is 25.8 Å². The van der Waals surface area contributed by atoms with Gasteiger partial charge in [-0.1, -0.05) is 47.5 Å². The van der Waals surface area contributed by atoms with E-state index in [1.165, 1.54) is 12.1 Å². The second-order valence-corrected chi connectivity index (χ2v) is 5.73. The van der Waals surface area contributed by atoms with E-state index in [2.05, 4.69) is 10.2 Å². The molecular weight excluding hydrogens is 341 g/mol. The fraction of sp³-hybridized carbons (Fsp3) is 0.0588. The zero-order valence-corrected chi connectivity index (χ0v) is 13.5. The summed E-state index contributed by atoms with van der Waals surface area (Å²) in [5.74, 6) is -1.92. The summed E-state index contributed by atoms with van der Waals surface area (Å²) in [6.07, 6.45) is 0. The first-order chi connectivity index (χ1) is 11.0. The number of hydrogen-bond donors (Lipinski definition) is 0. The van der Waals surface area contributed by atoms with Crippen LogP contribution in [0.2, 0.25) is 10.2 Å². The average molecular weight is 351 g/mol. The van der Waals surface area contributed by atoms with E-state index >= 15 is 0 Å². The van der Waals surface area contributed by atoms with Gasteiger partial charge < -0.3 is 0 Å². The van der Waals surface area contributed by atoms with E-state index in [-0.39, 0.29) is 10.7 Å². The Bertz CT molecular complexity index is 881. The van der Waals surface area contributed by atoms with Crippen LogP contribution in [0.1, 0.15) is 5.69 Å². The number of aromatic nitrogens is 2. The van der Waals surface area contributed by atoms with E-state index in [4.69, 9.17) is 23.2 Å². The molecule has 0 aliphatic heterocycles. The fourth-order valence-electron chi connectivity index (χ4n) is 2.42. The van der Waals surface area contributed by atoms with Crippen LogP contribution < -0.4 is 0 Å². The van der Waals surface area contributed by atoms with E-state index in [0.717, 1.165) is 11.6 Å². The summed E-state index contributed by atoms with van der Waals surface area (Å²) in [5, 5.41) is 8.39. The smallest absolute Gasteiger partial charge is 0.166 e. The first kappa shape index (κ1) is 15.8. The lowest BCUT2D eigenvalue weighted by Gasteiger charge is -2.14. The SMILES string of the molecule is Cc1nnc(Cl)c(-c2cccc(F)c2F)c1-c1ccc(Cl)cc1. The number of nitrogens with zero attached hydrogens (tertiary/aromatic N) is 2. The Kier molecular flexibility index (Phi) is 4.28. The minimum Gasteiger partial charge on any atom is -0.204 e. The third-order valence-corrected chi connectivity index (χ3v) is 3.98. The predicted molar refractivity (Wildman–Crippen MR) is 87.6 cm³/mol. The Labute approximate surface area is 141 Å². The zero-order valence-electron chi connectivity index (χ0n) is 11.9. The van der Waals surface area contributed by atoms with Gasteiger partial charge in [-0.2, -0.15) is 5.10 Å². The maximum Gasteiger partial charge on any atom is 0.166 e. The third kappa shape index (κ3) is 2.92. The molecule has 0 saturated carbocycles. The van der Waals surface area contributed by atoms with Crippen LogP contribution in [-0.2, 0) is 0 Å². The van der Waals surface area contributed by atoms with Gasteiger partial charge in [0.05, 0.1) is 5.69 Å². The Hall–Kier alpha value is -2.04. The average Bonchev–Trinajstić information content (AvgIpc) is 2.53. The van der Waals surface area contributed by atoms with Gasteiger partial charge in [-0.15, -0.1) is 5.10 Å². The van der Waals surface area contributed by atoms with Crippen molar-refractivity contribution in [3.8, 4) is 22.3 Å². The second-order valence-electron chi connectivity index (χ2n) is 4.93. The van der Waals surface area contributed by atoms with Crippen molar-refractivity contribution in [2.75, 3.05) is 0 Å². The first-order valence-electron chi connectivity index (χ1n) is 6.72. The highest BCUT2D eigenvalue weighted by atomic mass is 35.5. The Morgan fingerprint density at radius 1 is 0.870 bits per heavy atom. The minimum absolute atomic E-state index is 0.00468. The summed E-state index contributed by atoms with van der Waals surface area (Å²) in [5.41, 5.74) is 2.22. The van der Waals surface area contributed by atoms with Gasteiger partial charge in [0.25, 0.3) is 0 Å². The maximum atomic E-state index is 14.3. The summed E-state index contributed by atoms with van der Waals surface area (Å²) in [6.45, 7) is 1.73. The Morgan fingerprint density at radius 2 is 1.57 bits per heavy atom. The molecule has 0 amide bonds. The van der Waals surface area contributed by atoms with Gasteiger partial charge in [0.15, 0.2) is 16.8 Å². The van der Waals surface area contributed by atoms with Crippen LogP contribution in [0.5, 0.6) is 0 Å². The zero-order chi connectivity index (χ0) is 16.6. The van der Waals surface area contributed by atoms with Gasteiger partial charge in [-0.3, -0.25) is 0 Å². The van der Waals surface area contributed by atoms with Gasteiger partial charge in [-0.05, 0) is 30.7 Å². The maximum absolute atomic E-state index is 14.3. The summed E-state index contributed by atoms with van der Waals surface area (Å²) in [4.78, 5) is 0. The van der Waals surface area contributed by atoms with Gasteiger partial charge in [0.2, 0.25) is 0 Å². The van der Waals surface area contributed by atoms with Gasteiger partial charge in [0.1, 0.15) is 0 Å². The number of halogens is 4. The summed E-state index contributed by atoms with van der Waals surface area (Å²) < 4.78 is 27.9. The van der Waals surface area contributed by atoms with Gasteiger partial charge >= 0.3 is 0 Å². The molecule has 23 heavy (non-hydrogen) atoms. The molecule has 0 bridgehead atoms. The number of aryl methyl sites for hydroxylation is 1. The molecule has 0 aliphatic carbocycles. The predicted octanol–water partition coefficient (Wildman–Crippen LogP) is 5.70. The molecule has 3 aromatic rings. The summed E-state index contributed by atoms with van der Waals surface area (Å²) in [6, 6.07) is 10.9.